The van der Waals surface area contributed by atoms with Gasteiger partial charge >= 0.3 is 0 Å². The molecule has 0 fully saturated rings. The van der Waals surface area contributed by atoms with Crippen LogP contribution in [0.5, 0.6) is 0 Å². The quantitative estimate of drug-likeness (QED) is 0.551. The molecule has 1 aromatic carbocycles. The zero-order chi connectivity index (χ0) is 15.2. The van der Waals surface area contributed by atoms with Gasteiger partial charge < -0.3 is 16.8 Å². The molecule has 7 heteroatoms. The van der Waals surface area contributed by atoms with Gasteiger partial charge in [0.05, 0.1) is 11.9 Å². The summed E-state index contributed by atoms with van der Waals surface area (Å²) in [6.07, 6.45) is 6.01. The Morgan fingerprint density at radius 2 is 2.19 bits per heavy atom. The number of benzene rings is 1. The van der Waals surface area contributed by atoms with Gasteiger partial charge in [-0.3, -0.25) is 14.3 Å². The van der Waals surface area contributed by atoms with Gasteiger partial charge in [0.1, 0.15) is 6.54 Å². The molecular weight excluding hydrogens is 270 g/mol. The molecule has 0 aliphatic carbocycles. The second-order valence-electron chi connectivity index (χ2n) is 4.39. The van der Waals surface area contributed by atoms with Crippen LogP contribution in [0, 0.1) is 0 Å². The van der Waals surface area contributed by atoms with Crippen LogP contribution >= 0.6 is 0 Å². The number of anilines is 2. The molecule has 1 aromatic heterocycles. The van der Waals surface area contributed by atoms with Gasteiger partial charge in [-0.05, 0) is 23.8 Å². The Kier molecular flexibility index (Phi) is 4.35. The first kappa shape index (κ1) is 14.3. The second-order valence-corrected chi connectivity index (χ2v) is 4.39. The predicted octanol–water partition coefficient (Wildman–Crippen LogP) is 0.602. The number of aromatic nitrogens is 2. The van der Waals surface area contributed by atoms with Crippen molar-refractivity contribution < 1.29 is 9.59 Å². The van der Waals surface area contributed by atoms with Gasteiger partial charge in [0.25, 0.3) is 0 Å². The third-order valence-corrected chi connectivity index (χ3v) is 2.56. The number of nitrogens with two attached hydrogens (primary N) is 2. The Hall–Kier alpha value is -3.09. The maximum Gasteiger partial charge on any atom is 0.248 e. The van der Waals surface area contributed by atoms with E-state index in [2.05, 4.69) is 10.4 Å². The topological polar surface area (TPSA) is 116 Å². The third kappa shape index (κ3) is 4.50. The van der Waals surface area contributed by atoms with E-state index in [1.807, 2.05) is 6.07 Å². The lowest BCUT2D eigenvalue weighted by atomic mass is 10.2. The van der Waals surface area contributed by atoms with Gasteiger partial charge in [0.15, 0.2) is 0 Å². The van der Waals surface area contributed by atoms with E-state index >= 15 is 0 Å². The van der Waals surface area contributed by atoms with Crippen molar-refractivity contribution in [3.8, 4) is 0 Å². The number of carbonyl (C=O) groups is 2. The smallest absolute Gasteiger partial charge is 0.248 e. The number of hydrogen-bond acceptors (Lipinski definition) is 4. The van der Waals surface area contributed by atoms with Crippen molar-refractivity contribution in [2.24, 2.45) is 5.73 Å². The molecule has 1 heterocycles. The molecule has 0 spiro atoms. The van der Waals surface area contributed by atoms with Gasteiger partial charge in [0.2, 0.25) is 11.8 Å². The van der Waals surface area contributed by atoms with Crippen molar-refractivity contribution in [3.63, 3.8) is 0 Å². The molecule has 5 N–H and O–H groups in total. The second kappa shape index (κ2) is 6.38. The van der Waals surface area contributed by atoms with Crippen molar-refractivity contribution in [1.82, 2.24) is 9.78 Å². The molecule has 0 aliphatic heterocycles. The summed E-state index contributed by atoms with van der Waals surface area (Å²) in [5.74, 6) is -0.811. The number of rotatable bonds is 5. The van der Waals surface area contributed by atoms with E-state index in [4.69, 9.17) is 11.5 Å². The predicted molar refractivity (Wildman–Crippen MR) is 79.9 cm³/mol. The molecule has 0 saturated carbocycles. The third-order valence-electron chi connectivity index (χ3n) is 2.56. The van der Waals surface area contributed by atoms with Crippen molar-refractivity contribution in [3.05, 3.63) is 48.3 Å². The van der Waals surface area contributed by atoms with Gasteiger partial charge in [-0.15, -0.1) is 0 Å². The highest BCUT2D eigenvalue weighted by atomic mass is 16.2. The van der Waals surface area contributed by atoms with Crippen molar-refractivity contribution in [2.75, 3.05) is 11.1 Å². The van der Waals surface area contributed by atoms with Crippen LogP contribution in [0.25, 0.3) is 6.08 Å². The highest BCUT2D eigenvalue weighted by Crippen LogP contribution is 2.09. The maximum atomic E-state index is 11.7. The zero-order valence-electron chi connectivity index (χ0n) is 11.2. The normalized spacial score (nSPS) is 10.7. The van der Waals surface area contributed by atoms with Crippen molar-refractivity contribution >= 4 is 29.3 Å². The minimum absolute atomic E-state index is 0.0327. The van der Waals surface area contributed by atoms with E-state index in [1.54, 1.807) is 24.3 Å². The number of nitrogens with zero attached hydrogens (tertiary/aromatic N) is 2. The molecule has 2 amide bonds. The minimum atomic E-state index is -0.502. The lowest BCUT2D eigenvalue weighted by molar-refractivity contribution is -0.118. The highest BCUT2D eigenvalue weighted by Gasteiger charge is 2.03. The zero-order valence-corrected chi connectivity index (χ0v) is 11.2. The first-order valence-corrected chi connectivity index (χ1v) is 6.18. The Bertz CT molecular complexity index is 690. The standard InChI is InChI=1S/C14H15N5O2/c15-11-3-1-2-10(6-11)4-5-14(21)18-12-7-17-19(8-12)9-13(16)20/h1-8H,9,15H2,(H2,16,20)(H,18,21)/b5-4+. The summed E-state index contributed by atoms with van der Waals surface area (Å²) in [5, 5.41) is 6.53. The highest BCUT2D eigenvalue weighted by molar-refractivity contribution is 6.01. The Morgan fingerprint density at radius 1 is 1.38 bits per heavy atom. The molecule has 0 atom stereocenters. The summed E-state index contributed by atoms with van der Waals surface area (Å²) < 4.78 is 1.35. The van der Waals surface area contributed by atoms with Crippen LogP contribution in [-0.2, 0) is 16.1 Å². The number of primary amides is 1. The first-order chi connectivity index (χ1) is 10.0. The molecule has 2 aromatic rings. The van der Waals surface area contributed by atoms with Crippen molar-refractivity contribution in [2.45, 2.75) is 6.54 Å². The minimum Gasteiger partial charge on any atom is -0.399 e. The molecule has 7 nitrogen and oxygen atoms in total. The molecule has 21 heavy (non-hydrogen) atoms. The van der Waals surface area contributed by atoms with Crippen LogP contribution in [0.2, 0.25) is 0 Å². The molecule has 0 bridgehead atoms. The molecule has 0 saturated heterocycles. The fraction of sp³-hybridized carbons (Fsp3) is 0.0714. The van der Waals surface area contributed by atoms with E-state index in [9.17, 15) is 9.59 Å². The van der Waals surface area contributed by atoms with Crippen LogP contribution in [-0.4, -0.2) is 21.6 Å². The van der Waals surface area contributed by atoms with E-state index in [1.165, 1.54) is 23.2 Å². The van der Waals surface area contributed by atoms with E-state index in [-0.39, 0.29) is 12.5 Å². The van der Waals surface area contributed by atoms with Gasteiger partial charge in [0, 0.05) is 18.0 Å². The Labute approximate surface area is 121 Å². The first-order valence-electron chi connectivity index (χ1n) is 6.18. The summed E-state index contributed by atoms with van der Waals surface area (Å²) in [5.41, 5.74) is 12.6. The number of amides is 2. The van der Waals surface area contributed by atoms with Gasteiger partial charge in [-0.25, -0.2) is 0 Å². The molecule has 108 valence electrons. The largest absolute Gasteiger partial charge is 0.399 e. The SMILES string of the molecule is NC(=O)Cn1cc(NC(=O)/C=C/c2cccc(N)c2)cn1. The number of carbonyl (C=O) groups excluding carboxylic acids is 2. The van der Waals surface area contributed by atoms with Crippen LogP contribution in [0.4, 0.5) is 11.4 Å². The summed E-state index contributed by atoms with van der Waals surface area (Å²) in [6, 6.07) is 7.17. The Balaban J connectivity index is 1.95. The average Bonchev–Trinajstić information content (AvgIpc) is 2.83. The molecule has 0 aliphatic rings. The molecule has 0 radical (unpaired) electrons. The fourth-order valence-corrected chi connectivity index (χ4v) is 1.69. The van der Waals surface area contributed by atoms with Crippen LogP contribution in [0.1, 0.15) is 5.56 Å². The van der Waals surface area contributed by atoms with Crippen molar-refractivity contribution in [1.29, 1.82) is 0 Å². The van der Waals surface area contributed by atoms with E-state index in [0.717, 1.165) is 5.56 Å². The monoisotopic (exact) mass is 285 g/mol. The number of hydrogen-bond donors (Lipinski definition) is 3. The molecule has 2 rings (SSSR count). The summed E-state index contributed by atoms with van der Waals surface area (Å²) in [7, 11) is 0. The maximum absolute atomic E-state index is 11.7. The van der Waals surface area contributed by atoms with E-state index < -0.39 is 5.91 Å². The van der Waals surface area contributed by atoms with E-state index in [0.29, 0.717) is 11.4 Å². The average molecular weight is 285 g/mol. The summed E-state index contributed by atoms with van der Waals surface area (Å²) >= 11 is 0. The summed E-state index contributed by atoms with van der Waals surface area (Å²) in [4.78, 5) is 22.5. The number of nitrogen functional groups attached to an aromatic ring is 1. The lowest BCUT2D eigenvalue weighted by Crippen LogP contribution is -2.18. The summed E-state index contributed by atoms with van der Waals surface area (Å²) in [6.45, 7) is -0.0327. The molecule has 0 unspecified atom stereocenters. The van der Waals surface area contributed by atoms with Crippen LogP contribution in [0.15, 0.2) is 42.7 Å². The van der Waals surface area contributed by atoms with Gasteiger partial charge in [-0.2, -0.15) is 5.10 Å². The fourth-order valence-electron chi connectivity index (χ4n) is 1.69. The Morgan fingerprint density at radius 3 is 2.90 bits per heavy atom. The lowest BCUT2D eigenvalue weighted by Gasteiger charge is -1.98. The van der Waals surface area contributed by atoms with Crippen LogP contribution in [0.3, 0.4) is 0 Å². The van der Waals surface area contributed by atoms with Crippen LogP contribution < -0.4 is 16.8 Å². The van der Waals surface area contributed by atoms with Gasteiger partial charge in [-0.1, -0.05) is 12.1 Å². The molecular formula is C14H15N5O2. The number of nitrogens with one attached hydrogen (secondary N) is 1.